The predicted octanol–water partition coefficient (Wildman–Crippen LogP) is 33.5. The van der Waals surface area contributed by atoms with E-state index in [-0.39, 0.29) is 34.9 Å². The molecule has 14 aromatic rings. The summed E-state index contributed by atoms with van der Waals surface area (Å²) in [5.41, 5.74) is 14.5. The van der Waals surface area contributed by atoms with E-state index in [9.17, 15) is 52.7 Å². The summed E-state index contributed by atoms with van der Waals surface area (Å²) in [5.74, 6) is -4.09. The molecule has 0 aliphatic heterocycles. The Morgan fingerprint density at radius 1 is 0.211 bits per heavy atom. The number of unbranched alkanes of at least 4 members (excludes halogenated alkanes) is 15. The number of ether oxygens (including phenoxy) is 1. The van der Waals surface area contributed by atoms with Gasteiger partial charge < -0.3 is 4.74 Å². The molecular formula is C112H120ClF12N7O. The fourth-order valence-corrected chi connectivity index (χ4v) is 14.4. The molecule has 21 heteroatoms. The van der Waals surface area contributed by atoms with Gasteiger partial charge in [-0.1, -0.05) is 248 Å². The number of aryl methyl sites for hydroxylation is 6. The normalized spacial score (nSPS) is 10.6. The van der Waals surface area contributed by atoms with Crippen LogP contribution in [-0.4, -0.2) is 41.5 Å². The maximum atomic E-state index is 14.1. The molecule has 0 bridgehead atoms. The molecule has 0 saturated carbocycles. The molecule has 0 spiro atoms. The lowest BCUT2D eigenvalue weighted by atomic mass is 10.0. The molecule has 0 saturated heterocycles. The van der Waals surface area contributed by atoms with Gasteiger partial charge in [-0.15, -0.1) is 0 Å². The van der Waals surface area contributed by atoms with Crippen LogP contribution in [-0.2, 0) is 38.5 Å². The van der Waals surface area contributed by atoms with E-state index in [1.165, 1.54) is 187 Å². The molecule has 14 rings (SSSR count). The summed E-state index contributed by atoms with van der Waals surface area (Å²) in [6.45, 7) is 15.7. The lowest BCUT2D eigenvalue weighted by Gasteiger charge is -2.07. The van der Waals surface area contributed by atoms with E-state index in [1.807, 2.05) is 61.5 Å². The van der Waals surface area contributed by atoms with Gasteiger partial charge in [0.15, 0.2) is 0 Å². The van der Waals surface area contributed by atoms with Gasteiger partial charge in [-0.2, -0.15) is 26.3 Å². The minimum Gasteiger partial charge on any atom is -0.494 e. The zero-order valence-electron chi connectivity index (χ0n) is 77.1. The Morgan fingerprint density at radius 3 is 0.729 bits per heavy atom. The quantitative estimate of drug-likeness (QED) is 0.0218. The summed E-state index contributed by atoms with van der Waals surface area (Å²) < 4.78 is 166. The Labute approximate surface area is 782 Å². The first kappa shape index (κ1) is 106. The average Bonchev–Trinajstić information content (AvgIpc) is 0.773. The lowest BCUT2D eigenvalue weighted by Crippen LogP contribution is -1.97. The molecule has 133 heavy (non-hydrogen) atoms. The van der Waals surface area contributed by atoms with Crippen molar-refractivity contribution >= 4 is 11.6 Å². The Kier molecular flexibility index (Phi) is 47.4. The van der Waals surface area contributed by atoms with Crippen molar-refractivity contribution in [2.75, 3.05) is 6.61 Å². The molecule has 7 heterocycles. The van der Waals surface area contributed by atoms with Gasteiger partial charge in [0.2, 0.25) is 35.7 Å². The minimum atomic E-state index is -0.561. The van der Waals surface area contributed by atoms with Crippen molar-refractivity contribution in [3.05, 3.63) is 371 Å². The third-order valence-electron chi connectivity index (χ3n) is 21.8. The molecule has 700 valence electrons. The molecule has 8 nitrogen and oxygen atoms in total. The molecule has 7 aromatic carbocycles. The second-order valence-electron chi connectivity index (χ2n) is 32.3. The Balaban J connectivity index is 0.000000191. The number of hydrogen-bond donors (Lipinski definition) is 0. The van der Waals surface area contributed by atoms with Gasteiger partial charge >= 0.3 is 0 Å². The van der Waals surface area contributed by atoms with E-state index in [1.54, 1.807) is 85.1 Å². The third-order valence-corrected chi connectivity index (χ3v) is 22.1. The monoisotopic (exact) mass is 1840 g/mol. The van der Waals surface area contributed by atoms with Crippen molar-refractivity contribution in [2.45, 2.75) is 222 Å². The number of halogens is 13. The maximum Gasteiger partial charge on any atom is 0.212 e. The molecule has 7 aromatic heterocycles. The van der Waals surface area contributed by atoms with Gasteiger partial charge in [-0.3, -0.25) is 0 Å². The molecule has 0 atom stereocenters. The molecule has 0 amide bonds. The number of nitrogens with zero attached hydrogens (tertiary/aromatic N) is 7. The van der Waals surface area contributed by atoms with Crippen molar-refractivity contribution in [1.82, 2.24) is 34.9 Å². The highest BCUT2D eigenvalue weighted by molar-refractivity contribution is 6.29. The van der Waals surface area contributed by atoms with E-state index in [0.717, 1.165) is 153 Å². The summed E-state index contributed by atoms with van der Waals surface area (Å²) in [7, 11) is 0. The van der Waals surface area contributed by atoms with Crippen LogP contribution in [0.4, 0.5) is 52.7 Å². The minimum absolute atomic E-state index is 0.269. The van der Waals surface area contributed by atoms with Crippen LogP contribution in [0.1, 0.15) is 217 Å². The van der Waals surface area contributed by atoms with E-state index >= 15 is 0 Å². The van der Waals surface area contributed by atoms with Crippen molar-refractivity contribution in [3.63, 3.8) is 0 Å². The second kappa shape index (κ2) is 59.4. The van der Waals surface area contributed by atoms with E-state index in [0.29, 0.717) is 71.9 Å². The number of hydrogen-bond acceptors (Lipinski definition) is 8. The zero-order valence-corrected chi connectivity index (χ0v) is 77.8. The lowest BCUT2D eigenvalue weighted by molar-refractivity contribution is 0.304. The largest absolute Gasteiger partial charge is 0.494 e. The number of pyridine rings is 7. The van der Waals surface area contributed by atoms with Crippen LogP contribution in [0.5, 0.6) is 5.75 Å². The third kappa shape index (κ3) is 37.8. The fourth-order valence-electron chi connectivity index (χ4n) is 14.3. The Hall–Kier alpha value is -12.2. The first-order valence-electron chi connectivity index (χ1n) is 46.3. The van der Waals surface area contributed by atoms with Crippen LogP contribution in [0.25, 0.3) is 77.9 Å². The van der Waals surface area contributed by atoms with Crippen molar-refractivity contribution in [3.8, 4) is 83.6 Å². The molecule has 0 fully saturated rings. The van der Waals surface area contributed by atoms with Gasteiger partial charge in [-0.25, -0.2) is 61.2 Å². The second-order valence-corrected chi connectivity index (χ2v) is 32.6. The Morgan fingerprint density at radius 2 is 0.451 bits per heavy atom. The van der Waals surface area contributed by atoms with E-state index in [2.05, 4.69) is 88.6 Å². The smallest absolute Gasteiger partial charge is 0.212 e. The topological polar surface area (TPSA) is 99.5 Å². The molecule has 0 unspecified atom stereocenters. The van der Waals surface area contributed by atoms with Crippen molar-refractivity contribution < 1.29 is 57.4 Å². The summed E-state index contributed by atoms with van der Waals surface area (Å²) in [5, 5.41) is 0.516. The first-order valence-corrected chi connectivity index (χ1v) is 46.7. The molecule has 0 aliphatic rings. The highest BCUT2D eigenvalue weighted by atomic mass is 35.5. The summed E-state index contributed by atoms with van der Waals surface area (Å²) >= 11 is 5.80. The van der Waals surface area contributed by atoms with Crippen LogP contribution < -0.4 is 4.74 Å². The Bertz CT molecular complexity index is 5680. The summed E-state index contributed by atoms with van der Waals surface area (Å²) in [6, 6.07) is 59.7. The average molecular weight is 1840 g/mol. The van der Waals surface area contributed by atoms with Crippen LogP contribution in [0.3, 0.4) is 0 Å². The van der Waals surface area contributed by atoms with Gasteiger partial charge in [0.1, 0.15) is 45.8 Å². The maximum absolute atomic E-state index is 14.1. The van der Waals surface area contributed by atoms with E-state index < -0.39 is 35.7 Å². The van der Waals surface area contributed by atoms with E-state index in [4.69, 9.17) is 16.3 Å². The van der Waals surface area contributed by atoms with Crippen molar-refractivity contribution in [2.24, 2.45) is 0 Å². The first-order chi connectivity index (χ1) is 64.5. The van der Waals surface area contributed by atoms with Crippen LogP contribution in [0.2, 0.25) is 5.15 Å². The number of aromatic nitrogens is 7. The predicted molar refractivity (Wildman–Crippen MR) is 517 cm³/mol. The molecule has 0 radical (unpaired) electrons. The highest BCUT2D eigenvalue weighted by Gasteiger charge is 2.15. The van der Waals surface area contributed by atoms with Gasteiger partial charge in [0, 0.05) is 116 Å². The van der Waals surface area contributed by atoms with Gasteiger partial charge in [-0.05, 0) is 243 Å². The molecule has 0 aliphatic carbocycles. The van der Waals surface area contributed by atoms with Gasteiger partial charge in [0.25, 0.3) is 0 Å². The molecule has 0 N–H and O–H groups in total. The fraction of sp³-hybridized carbons (Fsp3) is 0.312. The zero-order chi connectivity index (χ0) is 95.5. The molecular weight excluding hydrogens is 1720 g/mol. The SMILES string of the molecule is CCCCCCCCOc1ccc(-c2ccc(Cl)nc2)cc1.CCCCCCCc1ccc(-c2ccc(F)nc2)c(F)c1.CCCCCCc1ccc(-c2ccc(F)nc2)c(F)c1.CCCCCc1ccc(-c2ccc(F)nc2)c(F)c1.CCCCc1ccc(-c2ccc(F)nc2)c(F)c1.CCCc1ccc(-c2ccc(F)nc2)c(F)c1.CCc1ccc(-c2ccc(F)nc2)c(F)c1. The number of rotatable bonds is 36. The van der Waals surface area contributed by atoms with Crippen LogP contribution in [0.15, 0.2) is 262 Å². The van der Waals surface area contributed by atoms with Crippen LogP contribution >= 0.6 is 11.6 Å². The van der Waals surface area contributed by atoms with Crippen LogP contribution in [0, 0.1) is 70.6 Å². The number of benzene rings is 7. The standard InChI is InChI=1S/C19H24ClNO.C18H21F2N.C17H19F2N.C16H17F2N.C15H15F2N.C14H13F2N.C13H11F2N/c1-2-3-4-5-6-7-14-22-18-11-8-16(9-12-18)17-10-13-19(20)21-15-17;1-2-3-4-5-6-7-14-8-10-16(17(19)12-14)15-9-11-18(20)21-13-15;1-2-3-4-5-6-13-7-9-15(16(18)11-13)14-8-10-17(19)20-12-14;1-2-3-4-5-12-6-8-14(15(17)10-12)13-7-9-16(18)19-11-13;1-2-3-4-11-5-7-13(14(16)9-11)12-6-8-15(17)18-10-12;1-2-3-10-4-6-12(13(15)8-10)11-5-7-14(16)17-9-11;1-2-9-3-5-11(12(14)7-9)10-4-6-13(15)16-8-10/h8-13,15H,2-7,14H2,1H3;8-13H,2-7H2,1H3;7-12H,2-6H2,1H3;6-11H,2-5H2,1H3;5-10H,2-4H2,1H3;4-9H,2-3H2,1H3;3-8H,2H2,1H3. The highest BCUT2D eigenvalue weighted by Crippen LogP contribution is 2.32. The summed E-state index contributed by atoms with van der Waals surface area (Å²) in [6.07, 6.45) is 40.1. The van der Waals surface area contributed by atoms with Gasteiger partial charge in [0.05, 0.1) is 6.61 Å². The summed E-state index contributed by atoms with van der Waals surface area (Å²) in [4.78, 5) is 25.3. The van der Waals surface area contributed by atoms with Crippen molar-refractivity contribution in [1.29, 1.82) is 0 Å².